The minimum absolute atomic E-state index is 0.0788. The molecule has 0 aromatic heterocycles. The lowest BCUT2D eigenvalue weighted by Crippen LogP contribution is -2.37. The maximum atomic E-state index is 12.9. The van der Waals surface area contributed by atoms with Crippen molar-refractivity contribution in [3.05, 3.63) is 46.0 Å². The quantitative estimate of drug-likeness (QED) is 0.617. The minimum atomic E-state index is -1.12. The van der Waals surface area contributed by atoms with E-state index in [0.717, 1.165) is 24.3 Å². The van der Waals surface area contributed by atoms with Crippen LogP contribution in [0.4, 0.5) is 0 Å². The van der Waals surface area contributed by atoms with Crippen molar-refractivity contribution in [2.45, 2.75) is 67.5 Å². The number of hydrogen-bond donors (Lipinski definition) is 2. The first-order chi connectivity index (χ1) is 15.0. The van der Waals surface area contributed by atoms with Crippen molar-refractivity contribution < 1.29 is 29.2 Å². The van der Waals surface area contributed by atoms with Gasteiger partial charge in [-0.05, 0) is 55.9 Å². The Morgan fingerprint density at radius 3 is 2.65 bits per heavy atom. The summed E-state index contributed by atoms with van der Waals surface area (Å²) in [5.74, 6) is -1.50. The van der Waals surface area contributed by atoms with Gasteiger partial charge in [0.1, 0.15) is 12.2 Å². The van der Waals surface area contributed by atoms with Gasteiger partial charge in [0.25, 0.3) is 0 Å². The molecule has 1 aromatic carbocycles. The molecule has 8 heteroatoms. The highest BCUT2D eigenvalue weighted by Crippen LogP contribution is 2.50. The second kappa shape index (κ2) is 9.81. The average Bonchev–Trinajstić information content (AvgIpc) is 3.13. The van der Waals surface area contributed by atoms with Crippen LogP contribution in [0, 0.1) is 0 Å². The number of hydrogen-bond acceptors (Lipinski definition) is 7. The number of fused-ring (bicyclic) bond motifs is 1. The molecule has 4 atom stereocenters. The van der Waals surface area contributed by atoms with Crippen LogP contribution in [0.15, 0.2) is 29.8 Å². The number of aliphatic hydroxyl groups is 2. The molecule has 0 saturated carbocycles. The fourth-order valence-corrected chi connectivity index (χ4v) is 6.81. The molecule has 1 saturated heterocycles. The van der Waals surface area contributed by atoms with Gasteiger partial charge in [0, 0.05) is 21.9 Å². The molecule has 4 rings (SSSR count). The van der Waals surface area contributed by atoms with Crippen molar-refractivity contribution in [3.63, 3.8) is 0 Å². The van der Waals surface area contributed by atoms with Gasteiger partial charge in [0.2, 0.25) is 0 Å². The van der Waals surface area contributed by atoms with E-state index < -0.39 is 18.0 Å². The van der Waals surface area contributed by atoms with E-state index in [1.54, 1.807) is 24.8 Å². The van der Waals surface area contributed by atoms with Gasteiger partial charge in [0.05, 0.1) is 25.4 Å². The molecule has 31 heavy (non-hydrogen) atoms. The molecule has 1 aliphatic heterocycles. The first kappa shape index (κ1) is 23.1. The highest BCUT2D eigenvalue weighted by atomic mass is 35.5. The summed E-state index contributed by atoms with van der Waals surface area (Å²) in [6.45, 7) is 1.54. The van der Waals surface area contributed by atoms with Gasteiger partial charge >= 0.3 is 5.97 Å². The Kier molecular flexibility index (Phi) is 7.30. The zero-order valence-corrected chi connectivity index (χ0v) is 19.2. The van der Waals surface area contributed by atoms with Crippen molar-refractivity contribution >= 4 is 29.3 Å². The van der Waals surface area contributed by atoms with Crippen LogP contribution in [0.2, 0.25) is 5.02 Å². The van der Waals surface area contributed by atoms with Crippen LogP contribution in [0.5, 0.6) is 0 Å². The SMILES string of the molecule is CCOC(=O)C1=CC2(CC[C@H]1SC1CCCc3cccc(Cl)c31)O[C@H](CO)[C@@H](CO)O2. The third kappa shape index (κ3) is 4.68. The van der Waals surface area contributed by atoms with Crippen LogP contribution in [0.25, 0.3) is 0 Å². The number of carbonyl (C=O) groups excluding carboxylic acids is 1. The summed E-state index contributed by atoms with van der Waals surface area (Å²) in [4.78, 5) is 12.9. The van der Waals surface area contributed by atoms with Gasteiger partial charge in [-0.2, -0.15) is 0 Å². The Hall–Kier alpha value is -1.09. The highest BCUT2D eigenvalue weighted by molar-refractivity contribution is 8.00. The summed E-state index contributed by atoms with van der Waals surface area (Å²) in [7, 11) is 0. The van der Waals surface area contributed by atoms with Crippen molar-refractivity contribution in [1.29, 1.82) is 0 Å². The maximum absolute atomic E-state index is 12.9. The summed E-state index contributed by atoms with van der Waals surface area (Å²) < 4.78 is 17.3. The number of rotatable bonds is 6. The standard InChI is InChI=1S/C23H29ClO6S/c1-2-28-22(27)15-11-23(29-17(12-25)18(13-26)30-23)10-9-19(15)31-20-8-4-6-14-5-3-7-16(24)21(14)20/h3,5,7,11,17-20,25-26H,2,4,6,8-10,12-13H2,1H3/t17-,18-,19-,20?/m1/s1. The van der Waals surface area contributed by atoms with Gasteiger partial charge in [-0.25, -0.2) is 4.79 Å². The Balaban J connectivity index is 1.61. The molecular formula is C23H29ClO6S. The lowest BCUT2D eigenvalue weighted by Gasteiger charge is -2.36. The zero-order chi connectivity index (χ0) is 22.0. The highest BCUT2D eigenvalue weighted by Gasteiger charge is 2.49. The molecule has 1 fully saturated rings. The molecule has 1 heterocycles. The van der Waals surface area contributed by atoms with Crippen molar-refractivity contribution in [1.82, 2.24) is 0 Å². The van der Waals surface area contributed by atoms with Crippen LogP contribution in [-0.2, 0) is 25.4 Å². The summed E-state index contributed by atoms with van der Waals surface area (Å²) in [5.41, 5.74) is 2.98. The minimum Gasteiger partial charge on any atom is -0.463 e. The largest absolute Gasteiger partial charge is 0.463 e. The number of ether oxygens (including phenoxy) is 3. The van der Waals surface area contributed by atoms with E-state index in [2.05, 4.69) is 6.07 Å². The molecule has 6 nitrogen and oxygen atoms in total. The third-order valence-electron chi connectivity index (χ3n) is 6.17. The summed E-state index contributed by atoms with van der Waals surface area (Å²) in [6.07, 6.45) is 4.75. The normalized spacial score (nSPS) is 29.5. The van der Waals surface area contributed by atoms with Gasteiger partial charge in [-0.15, -0.1) is 11.8 Å². The number of carbonyl (C=O) groups is 1. The molecule has 0 bridgehead atoms. The van der Waals surface area contributed by atoms with E-state index in [9.17, 15) is 15.0 Å². The molecule has 1 aromatic rings. The summed E-state index contributed by atoms with van der Waals surface area (Å²) in [6, 6.07) is 6.06. The predicted molar refractivity (Wildman–Crippen MR) is 119 cm³/mol. The number of esters is 1. The van der Waals surface area contributed by atoms with Crippen molar-refractivity contribution in [2.24, 2.45) is 0 Å². The summed E-state index contributed by atoms with van der Waals surface area (Å²) >= 11 is 8.31. The molecular weight excluding hydrogens is 440 g/mol. The van der Waals surface area contributed by atoms with Crippen LogP contribution >= 0.6 is 23.4 Å². The molecule has 3 aliphatic rings. The zero-order valence-electron chi connectivity index (χ0n) is 17.6. The van der Waals surface area contributed by atoms with Gasteiger partial charge in [-0.1, -0.05) is 23.7 Å². The average molecular weight is 469 g/mol. The monoisotopic (exact) mass is 468 g/mol. The second-order valence-electron chi connectivity index (χ2n) is 8.17. The van der Waals surface area contributed by atoms with E-state index >= 15 is 0 Å². The van der Waals surface area contributed by atoms with Crippen molar-refractivity contribution in [3.8, 4) is 0 Å². The van der Waals surface area contributed by atoms with E-state index in [0.29, 0.717) is 18.4 Å². The molecule has 2 aliphatic carbocycles. The lowest BCUT2D eigenvalue weighted by molar-refractivity contribution is -0.154. The lowest BCUT2D eigenvalue weighted by atomic mass is 9.91. The maximum Gasteiger partial charge on any atom is 0.335 e. The number of benzene rings is 1. The first-order valence-electron chi connectivity index (χ1n) is 10.9. The topological polar surface area (TPSA) is 85.2 Å². The van der Waals surface area contributed by atoms with E-state index in [1.165, 1.54) is 11.1 Å². The predicted octanol–water partition coefficient (Wildman–Crippen LogP) is 3.57. The molecule has 0 amide bonds. The number of aryl methyl sites for hydroxylation is 1. The van der Waals surface area contributed by atoms with Crippen molar-refractivity contribution in [2.75, 3.05) is 19.8 Å². The Morgan fingerprint density at radius 2 is 1.97 bits per heavy atom. The van der Waals surface area contributed by atoms with Crippen LogP contribution in [-0.4, -0.2) is 59.2 Å². The first-order valence-corrected chi connectivity index (χ1v) is 12.2. The fraction of sp³-hybridized carbons (Fsp3) is 0.609. The Morgan fingerprint density at radius 1 is 1.23 bits per heavy atom. The van der Waals surface area contributed by atoms with E-state index in [1.807, 2.05) is 12.1 Å². The van der Waals surface area contributed by atoms with E-state index in [-0.39, 0.29) is 36.3 Å². The van der Waals surface area contributed by atoms with Gasteiger partial charge in [-0.3, -0.25) is 0 Å². The Labute approximate surface area is 191 Å². The molecule has 1 spiro atoms. The number of aliphatic hydroxyl groups excluding tert-OH is 2. The van der Waals surface area contributed by atoms with E-state index in [4.69, 9.17) is 25.8 Å². The van der Waals surface area contributed by atoms with Crippen LogP contribution in [0.3, 0.4) is 0 Å². The molecule has 170 valence electrons. The smallest absolute Gasteiger partial charge is 0.335 e. The number of halogens is 1. The second-order valence-corrected chi connectivity index (χ2v) is 9.98. The van der Waals surface area contributed by atoms with Crippen LogP contribution in [0.1, 0.15) is 49.0 Å². The Bertz CT molecular complexity index is 831. The van der Waals surface area contributed by atoms with Gasteiger partial charge in [0.15, 0.2) is 5.79 Å². The van der Waals surface area contributed by atoms with Gasteiger partial charge < -0.3 is 24.4 Å². The summed E-state index contributed by atoms with van der Waals surface area (Å²) in [5, 5.41) is 20.1. The molecule has 1 unspecified atom stereocenters. The van der Waals surface area contributed by atoms with Crippen LogP contribution < -0.4 is 0 Å². The fourth-order valence-electron chi connectivity index (χ4n) is 4.74. The third-order valence-corrected chi connectivity index (χ3v) is 8.12. The molecule has 0 radical (unpaired) electrons. The number of thioether (sulfide) groups is 1. The molecule has 2 N–H and O–H groups in total.